The van der Waals surface area contributed by atoms with Crippen LogP contribution in [-0.4, -0.2) is 58.8 Å². The number of carbonyl (C=O) groups excluding carboxylic acids is 3. The first kappa shape index (κ1) is 35.2. The molecular formula is C34H47N3O8. The van der Waals surface area contributed by atoms with Gasteiger partial charge in [-0.05, 0) is 66.5 Å². The first-order valence-electron chi connectivity index (χ1n) is 15.5. The van der Waals surface area contributed by atoms with Crippen LogP contribution >= 0.6 is 0 Å². The number of hydrogen-bond acceptors (Lipinski definition) is 9. The van der Waals surface area contributed by atoms with Gasteiger partial charge in [-0.2, -0.15) is 0 Å². The summed E-state index contributed by atoms with van der Waals surface area (Å²) < 4.78 is 21.9. The van der Waals surface area contributed by atoms with E-state index in [1.165, 1.54) is 14.0 Å². The lowest BCUT2D eigenvalue weighted by Gasteiger charge is -2.21. The number of nitrogens with one attached hydrogen (secondary N) is 3. The maximum absolute atomic E-state index is 13.5. The Kier molecular flexibility index (Phi) is 13.1. The van der Waals surface area contributed by atoms with Crippen LogP contribution in [-0.2, 0) is 25.5 Å². The van der Waals surface area contributed by atoms with Crippen molar-refractivity contribution in [3.8, 4) is 28.4 Å². The van der Waals surface area contributed by atoms with E-state index in [1.807, 2.05) is 26.0 Å². The summed E-state index contributed by atoms with van der Waals surface area (Å²) in [7, 11) is 6.00. The van der Waals surface area contributed by atoms with Crippen molar-refractivity contribution in [2.45, 2.75) is 77.8 Å². The van der Waals surface area contributed by atoms with E-state index in [1.54, 1.807) is 33.5 Å². The van der Waals surface area contributed by atoms with Crippen molar-refractivity contribution in [2.24, 2.45) is 5.92 Å². The van der Waals surface area contributed by atoms with Crippen LogP contribution in [0.1, 0.15) is 76.5 Å². The number of fused-ring (bicyclic) bond motifs is 3. The molecule has 11 heteroatoms. The molecule has 1 aliphatic rings. The molecule has 0 radical (unpaired) electrons. The molecule has 11 nitrogen and oxygen atoms in total. The number of anilines is 1. The number of hydrogen-bond donors (Lipinski definition) is 3. The van der Waals surface area contributed by atoms with Crippen molar-refractivity contribution >= 4 is 23.5 Å². The Labute approximate surface area is 265 Å². The molecule has 3 N–H and O–H groups in total. The highest BCUT2D eigenvalue weighted by molar-refractivity contribution is 5.85. The zero-order chi connectivity index (χ0) is 33.1. The molecule has 0 heterocycles. The van der Waals surface area contributed by atoms with Crippen molar-refractivity contribution in [1.29, 1.82) is 0 Å². The van der Waals surface area contributed by atoms with Crippen LogP contribution in [0.25, 0.3) is 11.1 Å². The smallest absolute Gasteiger partial charge is 0.328 e. The molecule has 45 heavy (non-hydrogen) atoms. The van der Waals surface area contributed by atoms with Crippen LogP contribution < -0.4 is 35.6 Å². The number of rotatable bonds is 15. The topological polar surface area (TPSA) is 141 Å². The van der Waals surface area contributed by atoms with Gasteiger partial charge in [-0.3, -0.25) is 14.4 Å². The number of amides is 2. The van der Waals surface area contributed by atoms with E-state index in [0.29, 0.717) is 60.7 Å². The summed E-state index contributed by atoms with van der Waals surface area (Å²) in [6.45, 7) is 5.86. The maximum Gasteiger partial charge on any atom is 0.328 e. The molecule has 0 aromatic heterocycles. The van der Waals surface area contributed by atoms with Crippen LogP contribution in [0, 0.1) is 5.92 Å². The zero-order valence-corrected chi connectivity index (χ0v) is 27.5. The molecule has 2 aromatic rings. The van der Waals surface area contributed by atoms with E-state index in [9.17, 15) is 19.2 Å². The van der Waals surface area contributed by atoms with Gasteiger partial charge in [0.15, 0.2) is 11.5 Å². The summed E-state index contributed by atoms with van der Waals surface area (Å²) in [5.74, 6) is 0.646. The van der Waals surface area contributed by atoms with E-state index in [0.717, 1.165) is 36.0 Å². The maximum atomic E-state index is 13.5. The minimum absolute atomic E-state index is 0.0259. The summed E-state index contributed by atoms with van der Waals surface area (Å²) in [5.41, 5.74) is 3.43. The van der Waals surface area contributed by atoms with E-state index in [-0.39, 0.29) is 29.2 Å². The number of methoxy groups -OCH3 is 4. The monoisotopic (exact) mass is 625 g/mol. The van der Waals surface area contributed by atoms with Gasteiger partial charge in [-0.25, -0.2) is 4.79 Å². The van der Waals surface area contributed by atoms with E-state index in [2.05, 4.69) is 16.0 Å². The molecule has 2 aromatic carbocycles. The summed E-state index contributed by atoms with van der Waals surface area (Å²) in [6.07, 6.45) is 4.37. The van der Waals surface area contributed by atoms with Crippen LogP contribution in [0.5, 0.6) is 17.2 Å². The highest BCUT2D eigenvalue weighted by Gasteiger charge is 2.30. The fraction of sp³-hybridized carbons (Fsp3) is 0.529. The minimum atomic E-state index is -0.654. The third-order valence-corrected chi connectivity index (χ3v) is 8.30. The van der Waals surface area contributed by atoms with Crippen molar-refractivity contribution in [3.63, 3.8) is 0 Å². The SMILES string of the molecule is CC[C@H](C)[C@@H](NC(=O)CCCCCNc1ccc2c(cc1=O)[C@H](NC(C)=O)CCc1cc(OC)c(OC)c(OC)c1-2)C(=O)OC. The Morgan fingerprint density at radius 1 is 0.978 bits per heavy atom. The normalized spacial score (nSPS) is 14.9. The molecule has 0 fully saturated rings. The molecule has 0 unspecified atom stereocenters. The van der Waals surface area contributed by atoms with Crippen LogP contribution in [0.2, 0.25) is 0 Å². The summed E-state index contributed by atoms with van der Waals surface area (Å²) >= 11 is 0. The number of ether oxygens (including phenoxy) is 4. The van der Waals surface area contributed by atoms with Gasteiger partial charge >= 0.3 is 5.97 Å². The molecule has 3 atom stereocenters. The molecule has 0 bridgehead atoms. The van der Waals surface area contributed by atoms with Gasteiger partial charge in [-0.15, -0.1) is 0 Å². The molecule has 3 rings (SSSR count). The largest absolute Gasteiger partial charge is 0.493 e. The second-order valence-corrected chi connectivity index (χ2v) is 11.3. The van der Waals surface area contributed by atoms with Gasteiger partial charge in [0, 0.05) is 25.5 Å². The second-order valence-electron chi connectivity index (χ2n) is 11.3. The molecule has 0 spiro atoms. The van der Waals surface area contributed by atoms with E-state index in [4.69, 9.17) is 18.9 Å². The first-order valence-corrected chi connectivity index (χ1v) is 15.5. The van der Waals surface area contributed by atoms with Crippen molar-refractivity contribution in [3.05, 3.63) is 45.6 Å². The standard InChI is InChI=1S/C34H47N3O8/c1-8-20(2)31(34(41)45-7)37-29(40)12-10-9-11-17-35-26-16-14-23-24(19-27(26)39)25(36-21(3)38)15-13-22-18-28(42-4)32(43-5)33(44-6)30(22)23/h14,16,18-20,25,31H,8-13,15,17H2,1-7H3,(H,35,39)(H,36,38)(H,37,40)/t20-,25+,31+/m0/s1. The molecule has 0 saturated carbocycles. The third kappa shape index (κ3) is 8.67. The lowest BCUT2D eigenvalue weighted by atomic mass is 9.95. The Morgan fingerprint density at radius 2 is 1.71 bits per heavy atom. The highest BCUT2D eigenvalue weighted by Crippen LogP contribution is 2.50. The van der Waals surface area contributed by atoms with Gasteiger partial charge in [-0.1, -0.05) is 32.8 Å². The van der Waals surface area contributed by atoms with Crippen molar-refractivity contribution < 1.29 is 33.3 Å². The molecule has 1 aliphatic carbocycles. The quantitative estimate of drug-likeness (QED) is 0.192. The lowest BCUT2D eigenvalue weighted by Crippen LogP contribution is -2.45. The van der Waals surface area contributed by atoms with Gasteiger partial charge in [0.05, 0.1) is 40.2 Å². The fourth-order valence-corrected chi connectivity index (χ4v) is 5.71. The predicted molar refractivity (Wildman–Crippen MR) is 173 cm³/mol. The Bertz CT molecular complexity index is 1430. The van der Waals surface area contributed by atoms with Crippen molar-refractivity contribution in [1.82, 2.24) is 10.6 Å². The lowest BCUT2D eigenvalue weighted by molar-refractivity contribution is -0.146. The van der Waals surface area contributed by atoms with Gasteiger partial charge < -0.3 is 34.9 Å². The number of esters is 1. The van der Waals surface area contributed by atoms with E-state index < -0.39 is 12.0 Å². The summed E-state index contributed by atoms with van der Waals surface area (Å²) in [4.78, 5) is 50.1. The molecule has 2 amide bonds. The number of aryl methyl sites for hydroxylation is 1. The zero-order valence-electron chi connectivity index (χ0n) is 27.5. The van der Waals surface area contributed by atoms with Gasteiger partial charge in [0.25, 0.3) is 0 Å². The van der Waals surface area contributed by atoms with Crippen LogP contribution in [0.15, 0.2) is 29.1 Å². The number of benzene rings is 1. The predicted octanol–water partition coefficient (Wildman–Crippen LogP) is 4.54. The number of carbonyl (C=O) groups is 3. The Morgan fingerprint density at radius 3 is 2.33 bits per heavy atom. The van der Waals surface area contributed by atoms with Crippen LogP contribution in [0.4, 0.5) is 5.69 Å². The number of unbranched alkanes of at least 4 members (excludes halogenated alkanes) is 2. The molecule has 0 aliphatic heterocycles. The van der Waals surface area contributed by atoms with Gasteiger partial charge in [0.1, 0.15) is 6.04 Å². The van der Waals surface area contributed by atoms with Crippen molar-refractivity contribution in [2.75, 3.05) is 40.3 Å². The summed E-state index contributed by atoms with van der Waals surface area (Å²) in [5, 5.41) is 9.06. The first-order chi connectivity index (χ1) is 21.6. The minimum Gasteiger partial charge on any atom is -0.493 e. The van der Waals surface area contributed by atoms with E-state index >= 15 is 0 Å². The van der Waals surface area contributed by atoms with Gasteiger partial charge in [0.2, 0.25) is 23.0 Å². The summed E-state index contributed by atoms with van der Waals surface area (Å²) in [6, 6.07) is 6.10. The molecule has 246 valence electrons. The highest BCUT2D eigenvalue weighted by atomic mass is 16.5. The average Bonchev–Trinajstić information content (AvgIpc) is 3.27. The third-order valence-electron chi connectivity index (χ3n) is 8.30. The second kappa shape index (κ2) is 16.7. The Hall–Kier alpha value is -4.28. The molecule has 0 saturated heterocycles. The average molecular weight is 626 g/mol. The van der Waals surface area contributed by atoms with Crippen LogP contribution in [0.3, 0.4) is 0 Å². The molecular weight excluding hydrogens is 578 g/mol. The fourth-order valence-electron chi connectivity index (χ4n) is 5.71. The Balaban J connectivity index is 1.78.